The molecule has 0 aliphatic carbocycles. The van der Waals surface area contributed by atoms with E-state index < -0.39 is 0 Å². The Labute approximate surface area is 180 Å². The van der Waals surface area contributed by atoms with Gasteiger partial charge in [-0.2, -0.15) is 0 Å². The summed E-state index contributed by atoms with van der Waals surface area (Å²) in [7, 11) is 0. The van der Waals surface area contributed by atoms with Crippen molar-refractivity contribution in [3.8, 4) is 0 Å². The summed E-state index contributed by atoms with van der Waals surface area (Å²) in [6.07, 6.45) is 6.93. The number of hydrogen-bond acceptors (Lipinski definition) is 3. The molecule has 0 radical (unpaired) electrons. The minimum absolute atomic E-state index is 0.0149. The van der Waals surface area contributed by atoms with Gasteiger partial charge in [-0.3, -0.25) is 9.59 Å². The van der Waals surface area contributed by atoms with Gasteiger partial charge in [-0.15, -0.1) is 0 Å². The van der Waals surface area contributed by atoms with Crippen LogP contribution in [0.15, 0.2) is 24.3 Å². The predicted molar refractivity (Wildman–Crippen MR) is 125 cm³/mol. The molecule has 30 heavy (non-hydrogen) atoms. The molecule has 6 heteroatoms. The number of rotatable bonds is 13. The number of hydrogen-bond donors (Lipinski definition) is 2. The molecule has 0 atom stereocenters. The smallest absolute Gasteiger partial charge is 0.246 e. The quantitative estimate of drug-likeness (QED) is 0.481. The number of H-pyrrole nitrogens is 1. The Morgan fingerprint density at radius 3 is 2.40 bits per heavy atom. The van der Waals surface area contributed by atoms with Crippen molar-refractivity contribution in [2.24, 2.45) is 5.73 Å². The number of carbonyl (C=O) groups is 2. The van der Waals surface area contributed by atoms with Gasteiger partial charge in [0, 0.05) is 43.0 Å². The van der Waals surface area contributed by atoms with E-state index in [-0.39, 0.29) is 18.4 Å². The van der Waals surface area contributed by atoms with Gasteiger partial charge < -0.3 is 20.5 Å². The Morgan fingerprint density at radius 1 is 0.967 bits per heavy atom. The molecule has 0 unspecified atom stereocenters. The Morgan fingerprint density at radius 2 is 1.73 bits per heavy atom. The maximum absolute atomic E-state index is 13.1. The summed E-state index contributed by atoms with van der Waals surface area (Å²) in [6.45, 7) is 7.63. The highest BCUT2D eigenvalue weighted by molar-refractivity contribution is 5.98. The number of fused-ring (bicyclic) bond motifs is 1. The van der Waals surface area contributed by atoms with Crippen LogP contribution in [-0.2, 0) is 16.0 Å². The Hall–Kier alpha value is -2.34. The molecule has 0 aliphatic heterocycles. The lowest BCUT2D eigenvalue weighted by molar-refractivity contribution is -0.135. The van der Waals surface area contributed by atoms with Crippen molar-refractivity contribution in [3.05, 3.63) is 30.0 Å². The number of unbranched alkanes of at least 4 members (excludes halogenated alkanes) is 3. The second-order valence-corrected chi connectivity index (χ2v) is 7.88. The van der Waals surface area contributed by atoms with Gasteiger partial charge in [0.1, 0.15) is 6.54 Å². The highest BCUT2D eigenvalue weighted by atomic mass is 16.2. The highest BCUT2D eigenvalue weighted by Gasteiger charge is 2.21. The first-order valence-corrected chi connectivity index (χ1v) is 11.4. The molecule has 0 fully saturated rings. The van der Waals surface area contributed by atoms with E-state index in [1.807, 2.05) is 25.1 Å². The number of anilines is 1. The van der Waals surface area contributed by atoms with Crippen LogP contribution in [0.25, 0.3) is 10.9 Å². The largest absolute Gasteiger partial charge is 0.358 e. The molecule has 0 bridgehead atoms. The molecule has 0 aliphatic rings. The minimum Gasteiger partial charge on any atom is -0.358 e. The maximum atomic E-state index is 13.1. The van der Waals surface area contributed by atoms with Gasteiger partial charge in [0.05, 0.1) is 0 Å². The third-order valence-electron chi connectivity index (χ3n) is 5.44. The Bertz CT molecular complexity index is 815. The van der Waals surface area contributed by atoms with Crippen LogP contribution in [0.1, 0.15) is 65.0 Å². The number of carbonyl (C=O) groups excluding carboxylic acids is 2. The number of aromatic amines is 1. The molecule has 6 nitrogen and oxygen atoms in total. The molecule has 1 aromatic heterocycles. The van der Waals surface area contributed by atoms with Crippen LogP contribution in [0, 0.1) is 0 Å². The van der Waals surface area contributed by atoms with Crippen molar-refractivity contribution in [1.29, 1.82) is 0 Å². The second kappa shape index (κ2) is 12.4. The zero-order chi connectivity index (χ0) is 21.9. The molecule has 0 saturated carbocycles. The van der Waals surface area contributed by atoms with E-state index in [4.69, 9.17) is 5.73 Å². The monoisotopic (exact) mass is 414 g/mol. The fraction of sp³-hybridized carbons (Fsp3) is 0.583. The van der Waals surface area contributed by atoms with Crippen molar-refractivity contribution < 1.29 is 9.59 Å². The average Bonchev–Trinajstić information content (AvgIpc) is 3.16. The first-order chi connectivity index (χ1) is 14.5. The van der Waals surface area contributed by atoms with Crippen molar-refractivity contribution in [1.82, 2.24) is 9.88 Å². The van der Waals surface area contributed by atoms with Gasteiger partial charge in [0.15, 0.2) is 0 Å². The second-order valence-electron chi connectivity index (χ2n) is 7.88. The van der Waals surface area contributed by atoms with Gasteiger partial charge in [-0.05, 0) is 42.8 Å². The third kappa shape index (κ3) is 6.59. The normalized spacial score (nSPS) is 11.1. The molecule has 0 saturated heterocycles. The van der Waals surface area contributed by atoms with E-state index in [1.54, 1.807) is 9.80 Å². The van der Waals surface area contributed by atoms with Crippen LogP contribution < -0.4 is 10.6 Å². The summed E-state index contributed by atoms with van der Waals surface area (Å²) in [5, 5.41) is 1.15. The number of nitrogens with zero attached hydrogens (tertiary/aromatic N) is 2. The number of aryl methyl sites for hydroxylation is 1. The van der Waals surface area contributed by atoms with Crippen LogP contribution in [0.3, 0.4) is 0 Å². The number of benzene rings is 1. The summed E-state index contributed by atoms with van der Waals surface area (Å²) in [4.78, 5) is 32.3. The number of aromatic nitrogens is 1. The number of amides is 2. The number of nitrogens with two attached hydrogens (primary N) is 1. The Balaban J connectivity index is 2.19. The van der Waals surface area contributed by atoms with E-state index in [2.05, 4.69) is 24.9 Å². The first kappa shape index (κ1) is 23.9. The van der Waals surface area contributed by atoms with Crippen LogP contribution in [0.4, 0.5) is 5.69 Å². The van der Waals surface area contributed by atoms with E-state index >= 15 is 0 Å². The minimum atomic E-state index is -0.0903. The third-order valence-corrected chi connectivity index (χ3v) is 5.44. The van der Waals surface area contributed by atoms with Crippen LogP contribution in [-0.4, -0.2) is 47.9 Å². The summed E-state index contributed by atoms with van der Waals surface area (Å²) in [6, 6.07) is 8.23. The van der Waals surface area contributed by atoms with E-state index in [0.29, 0.717) is 26.1 Å². The van der Waals surface area contributed by atoms with E-state index in [9.17, 15) is 9.59 Å². The van der Waals surface area contributed by atoms with Crippen LogP contribution in [0.5, 0.6) is 0 Å². The molecule has 1 aromatic carbocycles. The average molecular weight is 415 g/mol. The summed E-state index contributed by atoms with van der Waals surface area (Å²) < 4.78 is 0. The first-order valence-electron chi connectivity index (χ1n) is 11.4. The lowest BCUT2D eigenvalue weighted by atomic mass is 10.1. The molecule has 0 spiro atoms. The molecule has 2 amide bonds. The summed E-state index contributed by atoms with van der Waals surface area (Å²) in [5.74, 6) is -0.0755. The van der Waals surface area contributed by atoms with E-state index in [0.717, 1.165) is 35.9 Å². The maximum Gasteiger partial charge on any atom is 0.246 e. The van der Waals surface area contributed by atoms with Crippen LogP contribution in [0.2, 0.25) is 0 Å². The standard InChI is InChI=1S/C24H38N4O2/c1-4-7-9-10-20-16-19-11-12-21(17-22(19)26-20)28(15-13-25)24(30)18-27(14-8-5-2)23(29)6-3/h11-12,16-17,26H,4-10,13-15,18,25H2,1-3H3. The lowest BCUT2D eigenvalue weighted by Gasteiger charge is -2.27. The van der Waals surface area contributed by atoms with Gasteiger partial charge in [0.2, 0.25) is 11.8 Å². The Kier molecular flexibility index (Phi) is 9.87. The summed E-state index contributed by atoms with van der Waals surface area (Å²) >= 11 is 0. The van der Waals surface area contributed by atoms with Crippen LogP contribution >= 0.6 is 0 Å². The summed E-state index contributed by atoms with van der Waals surface area (Å²) in [5.41, 5.74) is 8.88. The fourth-order valence-electron chi connectivity index (χ4n) is 3.68. The zero-order valence-corrected chi connectivity index (χ0v) is 18.9. The number of nitrogens with one attached hydrogen (secondary N) is 1. The van der Waals surface area contributed by atoms with Crippen molar-refractivity contribution in [3.63, 3.8) is 0 Å². The van der Waals surface area contributed by atoms with Crippen molar-refractivity contribution >= 4 is 28.4 Å². The van der Waals surface area contributed by atoms with Gasteiger partial charge in [-0.1, -0.05) is 46.1 Å². The predicted octanol–water partition coefficient (Wildman–Crippen LogP) is 4.23. The highest BCUT2D eigenvalue weighted by Crippen LogP contribution is 2.24. The van der Waals surface area contributed by atoms with E-state index in [1.165, 1.54) is 25.0 Å². The molecule has 166 valence electrons. The zero-order valence-electron chi connectivity index (χ0n) is 18.9. The van der Waals surface area contributed by atoms with Gasteiger partial charge >= 0.3 is 0 Å². The van der Waals surface area contributed by atoms with Crippen molar-refractivity contribution in [2.75, 3.05) is 31.1 Å². The van der Waals surface area contributed by atoms with Crippen molar-refractivity contribution in [2.45, 2.75) is 65.7 Å². The molecule has 2 aromatic rings. The van der Waals surface area contributed by atoms with Gasteiger partial charge in [-0.25, -0.2) is 0 Å². The molecular formula is C24H38N4O2. The topological polar surface area (TPSA) is 82.4 Å². The lowest BCUT2D eigenvalue weighted by Crippen LogP contribution is -2.44. The van der Waals surface area contributed by atoms with Gasteiger partial charge in [0.25, 0.3) is 0 Å². The molecule has 1 heterocycles. The molecular weight excluding hydrogens is 376 g/mol. The SMILES string of the molecule is CCCCCc1cc2ccc(N(CCN)C(=O)CN(CCCC)C(=O)CC)cc2[nH]1. The fourth-order valence-corrected chi connectivity index (χ4v) is 3.68. The molecule has 3 N–H and O–H groups in total. The molecule has 2 rings (SSSR count).